The second-order valence-corrected chi connectivity index (χ2v) is 4.05. The van der Waals surface area contributed by atoms with Crippen molar-refractivity contribution >= 4 is 23.3 Å². The van der Waals surface area contributed by atoms with Crippen LogP contribution < -0.4 is 5.48 Å². The maximum atomic E-state index is 11.4. The minimum Gasteiger partial charge on any atom is -0.464 e. The van der Waals surface area contributed by atoms with Crippen molar-refractivity contribution in [2.75, 3.05) is 14.2 Å². The molecule has 6 nitrogen and oxygen atoms in total. The Bertz CT molecular complexity index is 500. The van der Waals surface area contributed by atoms with Crippen LogP contribution in [0.15, 0.2) is 41.7 Å². The van der Waals surface area contributed by atoms with Crippen LogP contribution in [0, 0.1) is 0 Å². The van der Waals surface area contributed by atoms with Gasteiger partial charge in [0, 0.05) is 5.02 Å². The van der Waals surface area contributed by atoms with Crippen molar-refractivity contribution in [3.05, 3.63) is 47.1 Å². The fourth-order valence-electron chi connectivity index (χ4n) is 1.24. The summed E-state index contributed by atoms with van der Waals surface area (Å²) in [6, 6.07) is 7.14. The second-order valence-electron chi connectivity index (χ2n) is 3.61. The predicted molar refractivity (Wildman–Crippen MR) is 75.0 cm³/mol. The number of rotatable bonds is 7. The lowest BCUT2D eigenvalue weighted by atomic mass is 10.2. The molecule has 0 atom stereocenters. The first kappa shape index (κ1) is 16.0. The average molecular weight is 299 g/mol. The molecule has 0 unspecified atom stereocenters. The molecular formula is C13H15ClN2O4. The third-order valence-corrected chi connectivity index (χ3v) is 2.45. The van der Waals surface area contributed by atoms with Gasteiger partial charge in [0.05, 0.1) is 19.4 Å². The zero-order valence-electron chi connectivity index (χ0n) is 11.2. The Labute approximate surface area is 121 Å². The summed E-state index contributed by atoms with van der Waals surface area (Å²) in [5.41, 5.74) is 3.43. The van der Waals surface area contributed by atoms with E-state index in [2.05, 4.69) is 26.8 Å². The molecule has 0 aliphatic heterocycles. The Morgan fingerprint density at radius 2 is 2.00 bits per heavy atom. The van der Waals surface area contributed by atoms with E-state index in [0.717, 1.165) is 5.56 Å². The molecule has 1 rings (SSSR count). The highest BCUT2D eigenvalue weighted by Gasteiger charge is 2.17. The van der Waals surface area contributed by atoms with Crippen LogP contribution in [0.5, 0.6) is 0 Å². The number of ether oxygens (including phenoxy) is 1. The van der Waals surface area contributed by atoms with Crippen molar-refractivity contribution in [3.8, 4) is 0 Å². The maximum absolute atomic E-state index is 11.4. The molecule has 0 bridgehead atoms. The van der Waals surface area contributed by atoms with Gasteiger partial charge < -0.3 is 9.57 Å². The molecule has 1 N–H and O–H groups in total. The lowest BCUT2D eigenvalue weighted by Crippen LogP contribution is -2.27. The van der Waals surface area contributed by atoms with E-state index in [9.17, 15) is 4.79 Å². The van der Waals surface area contributed by atoms with Crippen molar-refractivity contribution in [2.45, 2.75) is 6.61 Å². The summed E-state index contributed by atoms with van der Waals surface area (Å²) in [6.45, 7) is 3.88. The monoisotopic (exact) mass is 298 g/mol. The van der Waals surface area contributed by atoms with Crippen molar-refractivity contribution in [2.24, 2.45) is 5.16 Å². The summed E-state index contributed by atoms with van der Waals surface area (Å²) >= 11 is 5.77. The van der Waals surface area contributed by atoms with Crippen LogP contribution in [0.3, 0.4) is 0 Å². The van der Waals surface area contributed by atoms with Crippen LogP contribution in [-0.2, 0) is 25.8 Å². The Morgan fingerprint density at radius 1 is 1.35 bits per heavy atom. The molecule has 7 heteroatoms. The van der Waals surface area contributed by atoms with E-state index in [1.54, 1.807) is 12.1 Å². The Hall–Kier alpha value is -2.05. The van der Waals surface area contributed by atoms with Crippen molar-refractivity contribution in [1.29, 1.82) is 0 Å². The number of hydroxylamine groups is 1. The molecule has 0 aliphatic rings. The average Bonchev–Trinajstić information content (AvgIpc) is 2.46. The van der Waals surface area contributed by atoms with Gasteiger partial charge >= 0.3 is 5.97 Å². The second kappa shape index (κ2) is 8.19. The molecule has 20 heavy (non-hydrogen) atoms. The summed E-state index contributed by atoms with van der Waals surface area (Å²) in [7, 11) is 2.54. The Morgan fingerprint density at radius 3 is 2.55 bits per heavy atom. The number of oxime groups is 1. The molecule has 1 aromatic carbocycles. The molecule has 0 saturated carbocycles. The maximum Gasteiger partial charge on any atom is 0.362 e. The predicted octanol–water partition coefficient (Wildman–Crippen LogP) is 2.05. The first-order valence-corrected chi connectivity index (χ1v) is 5.97. The van der Waals surface area contributed by atoms with Gasteiger partial charge in [-0.1, -0.05) is 35.5 Å². The molecule has 0 aromatic heterocycles. The SMILES string of the molecule is C=C(NOCc1ccc(Cl)cc1)C(=NOC)C(=O)OC. The Kier molecular flexibility index (Phi) is 6.55. The number of nitrogens with one attached hydrogen (secondary N) is 1. The summed E-state index contributed by atoms with van der Waals surface area (Å²) in [6.07, 6.45) is 0. The Balaban J connectivity index is 2.51. The van der Waals surface area contributed by atoms with E-state index in [1.165, 1.54) is 14.2 Å². The fourth-order valence-corrected chi connectivity index (χ4v) is 1.37. The number of hydrogen-bond acceptors (Lipinski definition) is 6. The van der Waals surface area contributed by atoms with Crippen LogP contribution in [0.2, 0.25) is 5.02 Å². The topological polar surface area (TPSA) is 69.1 Å². The lowest BCUT2D eigenvalue weighted by molar-refractivity contribution is -0.132. The number of carbonyl (C=O) groups excluding carboxylic acids is 1. The number of nitrogens with zero attached hydrogens (tertiary/aromatic N) is 1. The standard InChI is InChI=1S/C13H15ClN2O4/c1-9(12(16-19-3)13(17)18-2)15-20-8-10-4-6-11(14)7-5-10/h4-7,15H,1,8H2,2-3H3. The summed E-state index contributed by atoms with van der Waals surface area (Å²) in [5, 5.41) is 4.16. The van der Waals surface area contributed by atoms with Crippen molar-refractivity contribution in [3.63, 3.8) is 0 Å². The molecule has 0 spiro atoms. The highest BCUT2D eigenvalue weighted by atomic mass is 35.5. The third kappa shape index (κ3) is 4.91. The first-order valence-electron chi connectivity index (χ1n) is 5.59. The molecule has 0 saturated heterocycles. The van der Waals surface area contributed by atoms with Crippen molar-refractivity contribution in [1.82, 2.24) is 5.48 Å². The lowest BCUT2D eigenvalue weighted by Gasteiger charge is -2.10. The van der Waals surface area contributed by atoms with Gasteiger partial charge in [0.25, 0.3) is 0 Å². The molecule has 1 aromatic rings. The van der Waals surface area contributed by atoms with E-state index < -0.39 is 5.97 Å². The largest absolute Gasteiger partial charge is 0.464 e. The summed E-state index contributed by atoms with van der Waals surface area (Å²) < 4.78 is 4.54. The van der Waals surface area contributed by atoms with Crippen LogP contribution in [0.25, 0.3) is 0 Å². The summed E-state index contributed by atoms with van der Waals surface area (Å²) in [4.78, 5) is 21.2. The number of methoxy groups -OCH3 is 1. The molecule has 0 amide bonds. The smallest absolute Gasteiger partial charge is 0.362 e. The van der Waals surface area contributed by atoms with Crippen LogP contribution in [-0.4, -0.2) is 25.9 Å². The van der Waals surface area contributed by atoms with Crippen LogP contribution in [0.1, 0.15) is 5.56 Å². The highest BCUT2D eigenvalue weighted by molar-refractivity contribution is 6.42. The zero-order valence-corrected chi connectivity index (χ0v) is 11.9. The first-order chi connectivity index (χ1) is 9.58. The van der Waals surface area contributed by atoms with Gasteiger partial charge in [-0.15, -0.1) is 0 Å². The minimum atomic E-state index is -0.681. The third-order valence-electron chi connectivity index (χ3n) is 2.19. The van der Waals surface area contributed by atoms with Crippen LogP contribution >= 0.6 is 11.6 Å². The van der Waals surface area contributed by atoms with Crippen LogP contribution in [0.4, 0.5) is 0 Å². The fraction of sp³-hybridized carbons (Fsp3) is 0.231. The normalized spacial score (nSPS) is 10.8. The van der Waals surface area contributed by atoms with Gasteiger partial charge in [-0.2, -0.15) is 0 Å². The van der Waals surface area contributed by atoms with Gasteiger partial charge in [-0.25, -0.2) is 4.79 Å². The van der Waals surface area contributed by atoms with E-state index >= 15 is 0 Å². The van der Waals surface area contributed by atoms with Crippen molar-refractivity contribution < 1.29 is 19.2 Å². The molecule has 0 heterocycles. The van der Waals surface area contributed by atoms with Gasteiger partial charge in [0.15, 0.2) is 0 Å². The molecule has 0 aliphatic carbocycles. The van der Waals surface area contributed by atoms with E-state index in [-0.39, 0.29) is 18.0 Å². The number of carbonyl (C=O) groups is 1. The molecule has 0 fully saturated rings. The quantitative estimate of drug-likeness (QED) is 0.474. The van der Waals surface area contributed by atoms with E-state index in [4.69, 9.17) is 16.4 Å². The van der Waals surface area contributed by atoms with E-state index in [0.29, 0.717) is 5.02 Å². The summed E-state index contributed by atoms with van der Waals surface area (Å²) in [5.74, 6) is -0.681. The van der Waals surface area contributed by atoms with Gasteiger partial charge in [-0.05, 0) is 17.7 Å². The minimum absolute atomic E-state index is 0.105. The number of esters is 1. The number of halogens is 1. The van der Waals surface area contributed by atoms with Gasteiger partial charge in [0.2, 0.25) is 5.71 Å². The highest BCUT2D eigenvalue weighted by Crippen LogP contribution is 2.10. The number of benzene rings is 1. The van der Waals surface area contributed by atoms with Gasteiger partial charge in [-0.3, -0.25) is 10.3 Å². The zero-order chi connectivity index (χ0) is 15.0. The number of hydrogen-bond donors (Lipinski definition) is 1. The molecule has 0 radical (unpaired) electrons. The molecule has 108 valence electrons. The van der Waals surface area contributed by atoms with E-state index in [1.807, 2.05) is 12.1 Å². The molecular weight excluding hydrogens is 284 g/mol. The van der Waals surface area contributed by atoms with Gasteiger partial charge in [0.1, 0.15) is 7.11 Å².